The maximum Gasteiger partial charge on any atom is 0.472 e. The van der Waals surface area contributed by atoms with E-state index in [0.717, 1.165) is 102 Å². The molecular weight excluding hydrogens is 1210 g/mol. The maximum absolute atomic E-state index is 13.1. The monoisotopic (exact) mass is 1350 g/mol. The minimum absolute atomic E-state index is 0.107. The van der Waals surface area contributed by atoms with Gasteiger partial charge in [0.15, 0.2) is 12.2 Å². The van der Waals surface area contributed by atoms with Gasteiger partial charge in [0, 0.05) is 25.7 Å². The van der Waals surface area contributed by atoms with E-state index in [0.29, 0.717) is 31.6 Å². The summed E-state index contributed by atoms with van der Waals surface area (Å²) < 4.78 is 68.4. The zero-order valence-electron chi connectivity index (χ0n) is 59.9. The Morgan fingerprint density at radius 2 is 0.500 bits per heavy atom. The van der Waals surface area contributed by atoms with E-state index in [1.165, 1.54) is 186 Å². The van der Waals surface area contributed by atoms with Gasteiger partial charge in [0.1, 0.15) is 19.3 Å². The second-order valence-electron chi connectivity index (χ2n) is 27.3. The van der Waals surface area contributed by atoms with Crippen molar-refractivity contribution < 1.29 is 80.2 Å². The molecule has 0 rings (SSSR count). The lowest BCUT2D eigenvalue weighted by Gasteiger charge is -2.21. The molecule has 17 nitrogen and oxygen atoms in total. The zero-order valence-corrected chi connectivity index (χ0v) is 61.6. The molecule has 0 aliphatic heterocycles. The van der Waals surface area contributed by atoms with E-state index in [1.807, 2.05) is 0 Å². The molecule has 2 unspecified atom stereocenters. The second kappa shape index (κ2) is 65.0. The number of aliphatic hydroxyl groups excluding tert-OH is 1. The molecule has 0 aromatic heterocycles. The van der Waals surface area contributed by atoms with Crippen molar-refractivity contribution in [2.24, 2.45) is 11.8 Å². The highest BCUT2D eigenvalue weighted by molar-refractivity contribution is 7.47. The van der Waals surface area contributed by atoms with Gasteiger partial charge in [0.05, 0.1) is 26.4 Å². The molecule has 92 heavy (non-hydrogen) atoms. The van der Waals surface area contributed by atoms with Crippen LogP contribution in [0.5, 0.6) is 0 Å². The first-order valence-electron chi connectivity index (χ1n) is 38.0. The molecule has 19 heteroatoms. The number of aliphatic hydroxyl groups is 1. The molecule has 546 valence electrons. The number of carbonyl (C=O) groups is 4. The van der Waals surface area contributed by atoms with Crippen LogP contribution in [0, 0.1) is 11.8 Å². The van der Waals surface area contributed by atoms with E-state index < -0.39 is 97.5 Å². The summed E-state index contributed by atoms with van der Waals surface area (Å²) in [5.74, 6) is -0.642. The van der Waals surface area contributed by atoms with Crippen molar-refractivity contribution >= 4 is 39.5 Å². The molecule has 0 saturated heterocycles. The number of rotatable bonds is 72. The van der Waals surface area contributed by atoms with Crippen LogP contribution in [-0.4, -0.2) is 96.7 Å². The Balaban J connectivity index is 5.25. The molecule has 0 aromatic carbocycles. The summed E-state index contributed by atoms with van der Waals surface area (Å²) >= 11 is 0. The number of hydrogen-bond donors (Lipinski definition) is 3. The van der Waals surface area contributed by atoms with Crippen LogP contribution in [0.25, 0.3) is 0 Å². The number of phosphoric acid groups is 2. The summed E-state index contributed by atoms with van der Waals surface area (Å²) in [6.07, 6.45) is 51.3. The first-order valence-corrected chi connectivity index (χ1v) is 41.0. The summed E-state index contributed by atoms with van der Waals surface area (Å²) in [7, 11) is -9.91. The average Bonchev–Trinajstić information content (AvgIpc) is 3.34. The van der Waals surface area contributed by atoms with Crippen molar-refractivity contribution in [3.8, 4) is 0 Å². The fourth-order valence-electron chi connectivity index (χ4n) is 11.1. The van der Waals surface area contributed by atoms with Gasteiger partial charge in [-0.25, -0.2) is 9.13 Å². The first kappa shape index (κ1) is 90.1. The predicted molar refractivity (Wildman–Crippen MR) is 372 cm³/mol. The lowest BCUT2D eigenvalue weighted by molar-refractivity contribution is -0.161. The lowest BCUT2D eigenvalue weighted by Crippen LogP contribution is -2.30. The molecule has 0 spiro atoms. The molecular formula is C73H142O17P2. The van der Waals surface area contributed by atoms with Crippen molar-refractivity contribution in [2.75, 3.05) is 39.6 Å². The van der Waals surface area contributed by atoms with Gasteiger partial charge in [0.25, 0.3) is 0 Å². The molecule has 3 N–H and O–H groups in total. The van der Waals surface area contributed by atoms with Crippen LogP contribution in [0.2, 0.25) is 0 Å². The van der Waals surface area contributed by atoms with Gasteiger partial charge >= 0.3 is 39.5 Å². The zero-order chi connectivity index (χ0) is 67.9. The molecule has 0 aliphatic rings. The Morgan fingerprint density at radius 3 is 0.739 bits per heavy atom. The maximum atomic E-state index is 13.1. The third kappa shape index (κ3) is 66.7. The predicted octanol–water partition coefficient (Wildman–Crippen LogP) is 21.2. The van der Waals surface area contributed by atoms with E-state index in [9.17, 15) is 43.2 Å². The number of hydrogen-bond acceptors (Lipinski definition) is 15. The van der Waals surface area contributed by atoms with Crippen molar-refractivity contribution in [1.29, 1.82) is 0 Å². The van der Waals surface area contributed by atoms with E-state index in [2.05, 4.69) is 41.5 Å². The fraction of sp³-hybridized carbons (Fsp3) is 0.945. The van der Waals surface area contributed by atoms with Gasteiger partial charge in [0.2, 0.25) is 0 Å². The number of carbonyl (C=O) groups excluding carboxylic acids is 4. The first-order chi connectivity index (χ1) is 44.4. The van der Waals surface area contributed by atoms with Gasteiger partial charge < -0.3 is 33.8 Å². The van der Waals surface area contributed by atoms with Crippen molar-refractivity contribution in [2.45, 2.75) is 394 Å². The van der Waals surface area contributed by atoms with E-state index in [4.69, 9.17) is 37.0 Å². The van der Waals surface area contributed by atoms with Gasteiger partial charge in [-0.3, -0.25) is 37.3 Å². The summed E-state index contributed by atoms with van der Waals surface area (Å²) in [6.45, 7) is 9.53. The highest BCUT2D eigenvalue weighted by Gasteiger charge is 2.30. The van der Waals surface area contributed by atoms with Gasteiger partial charge in [-0.1, -0.05) is 324 Å². The van der Waals surface area contributed by atoms with Crippen molar-refractivity contribution in [1.82, 2.24) is 0 Å². The van der Waals surface area contributed by atoms with Crippen LogP contribution in [0.1, 0.15) is 375 Å². The Kier molecular flexibility index (Phi) is 63.7. The Labute approximate surface area is 562 Å². The third-order valence-corrected chi connectivity index (χ3v) is 18.9. The number of ether oxygens (including phenoxy) is 4. The van der Waals surface area contributed by atoms with Crippen LogP contribution in [0.3, 0.4) is 0 Å². The SMILES string of the molecule is CCCCCCCCCCCCCCCCCC(=O)O[C@H](COC(=O)CCCCCCCCCCCCCC(C)C)COP(=O)(O)OC[C@@H](O)COP(=O)(O)OC[C@@H](COC(=O)CCCCCCCCCC(C)C)OC(=O)CCCCCCCCCCCCCCC. The van der Waals surface area contributed by atoms with Crippen LogP contribution in [0.15, 0.2) is 0 Å². The average molecular weight is 1350 g/mol. The van der Waals surface area contributed by atoms with Crippen LogP contribution < -0.4 is 0 Å². The van der Waals surface area contributed by atoms with Crippen LogP contribution in [0.4, 0.5) is 0 Å². The molecule has 0 amide bonds. The second-order valence-corrected chi connectivity index (χ2v) is 30.2. The van der Waals surface area contributed by atoms with Crippen molar-refractivity contribution in [3.05, 3.63) is 0 Å². The van der Waals surface area contributed by atoms with Gasteiger partial charge in [-0.15, -0.1) is 0 Å². The Morgan fingerprint density at radius 1 is 0.293 bits per heavy atom. The smallest absolute Gasteiger partial charge is 0.462 e. The van der Waals surface area contributed by atoms with E-state index >= 15 is 0 Å². The standard InChI is InChI=1S/C73H142O17P2/c1-7-9-11-13-15-17-19-21-22-24-28-33-39-46-52-58-73(78)89-68(61-83-70(75)55-49-43-37-31-29-25-26-30-35-41-47-53-65(3)4)63-87-91(79,80)85-59-67(74)60-86-92(81,82)88-64-69(62-84-71(76)56-50-44-40-34-36-42-48-54-66(5)6)90-72(77)57-51-45-38-32-27-23-20-18-16-14-12-10-8-2/h65-69,74H,7-64H2,1-6H3,(H,79,80)(H,81,82)/t67-,68-,69-/m1/s1. The Bertz CT molecular complexity index is 1790. The minimum Gasteiger partial charge on any atom is -0.462 e. The Hall–Kier alpha value is -1.94. The summed E-state index contributed by atoms with van der Waals surface area (Å²) in [4.78, 5) is 72.7. The summed E-state index contributed by atoms with van der Waals surface area (Å²) in [5.41, 5.74) is 0. The highest BCUT2D eigenvalue weighted by Crippen LogP contribution is 2.45. The number of unbranched alkanes of at least 4 members (excludes halogenated alkanes) is 42. The van der Waals surface area contributed by atoms with Crippen molar-refractivity contribution in [3.63, 3.8) is 0 Å². The molecule has 0 radical (unpaired) electrons. The largest absolute Gasteiger partial charge is 0.472 e. The molecule has 0 saturated carbocycles. The quantitative estimate of drug-likeness (QED) is 0.0222. The third-order valence-electron chi connectivity index (χ3n) is 17.0. The van der Waals surface area contributed by atoms with E-state index in [-0.39, 0.29) is 25.7 Å². The normalized spacial score (nSPS) is 14.1. The number of phosphoric ester groups is 2. The lowest BCUT2D eigenvalue weighted by atomic mass is 10.0. The topological polar surface area (TPSA) is 237 Å². The molecule has 0 heterocycles. The van der Waals surface area contributed by atoms with Gasteiger partial charge in [-0.05, 0) is 37.5 Å². The van der Waals surface area contributed by atoms with Crippen LogP contribution in [-0.2, 0) is 65.4 Å². The van der Waals surface area contributed by atoms with Crippen LogP contribution >= 0.6 is 15.6 Å². The minimum atomic E-state index is -4.95. The summed E-state index contributed by atoms with van der Waals surface area (Å²) in [6, 6.07) is 0. The highest BCUT2D eigenvalue weighted by atomic mass is 31.2. The fourth-order valence-corrected chi connectivity index (χ4v) is 12.7. The molecule has 0 fully saturated rings. The molecule has 5 atom stereocenters. The number of esters is 4. The van der Waals surface area contributed by atoms with E-state index in [1.54, 1.807) is 0 Å². The summed E-state index contributed by atoms with van der Waals surface area (Å²) in [5, 5.41) is 10.6. The molecule has 0 bridgehead atoms. The molecule has 0 aromatic rings. The molecule has 0 aliphatic carbocycles. The van der Waals surface area contributed by atoms with Gasteiger partial charge in [-0.2, -0.15) is 0 Å².